The molecule has 1 aromatic carbocycles. The lowest BCUT2D eigenvalue weighted by Gasteiger charge is -2.32. The Morgan fingerprint density at radius 3 is 2.04 bits per heavy atom. The second-order valence-electron chi connectivity index (χ2n) is 7.38. The SMILES string of the molecule is CC(=O)NCC(=Cc1c(F)cc(C(=O)O)cc1F)B1OC(C)(C)C(C)(C)O1. The van der Waals surface area contributed by atoms with E-state index in [0.29, 0.717) is 5.47 Å². The van der Waals surface area contributed by atoms with Gasteiger partial charge < -0.3 is 19.7 Å². The summed E-state index contributed by atoms with van der Waals surface area (Å²) in [5, 5.41) is 11.5. The van der Waals surface area contributed by atoms with Crippen molar-refractivity contribution in [1.82, 2.24) is 5.32 Å². The molecule has 0 aromatic heterocycles. The molecule has 6 nitrogen and oxygen atoms in total. The summed E-state index contributed by atoms with van der Waals surface area (Å²) in [5.74, 6) is -3.85. The number of nitrogens with one attached hydrogen (secondary N) is 1. The molecule has 0 atom stereocenters. The quantitative estimate of drug-likeness (QED) is 0.767. The zero-order chi connectivity index (χ0) is 20.6. The molecule has 1 aromatic rings. The standard InChI is InChI=1S/C18H22BF2NO5/c1-10(23)22-9-12(19-26-17(2,3)18(4,5)27-19)8-13-14(20)6-11(16(24)25)7-15(13)21/h6-8H,9H2,1-5H3,(H,22,23)(H,24,25). The van der Waals surface area contributed by atoms with E-state index in [2.05, 4.69) is 5.32 Å². The number of hydrogen-bond donors (Lipinski definition) is 2. The molecule has 2 rings (SSSR count). The number of halogens is 2. The number of hydrogen-bond acceptors (Lipinski definition) is 4. The number of carboxylic acids is 1. The highest BCUT2D eigenvalue weighted by Crippen LogP contribution is 2.39. The van der Waals surface area contributed by atoms with E-state index in [1.165, 1.54) is 13.0 Å². The Morgan fingerprint density at radius 1 is 1.15 bits per heavy atom. The van der Waals surface area contributed by atoms with Crippen LogP contribution in [0.1, 0.15) is 50.5 Å². The van der Waals surface area contributed by atoms with Crippen LogP contribution in [0.15, 0.2) is 17.6 Å². The minimum atomic E-state index is -1.44. The van der Waals surface area contributed by atoms with Gasteiger partial charge >= 0.3 is 13.1 Å². The van der Waals surface area contributed by atoms with Crippen molar-refractivity contribution in [3.05, 3.63) is 40.4 Å². The van der Waals surface area contributed by atoms with Crippen molar-refractivity contribution in [2.24, 2.45) is 0 Å². The van der Waals surface area contributed by atoms with Gasteiger partial charge in [0.25, 0.3) is 0 Å². The fourth-order valence-electron chi connectivity index (χ4n) is 2.45. The van der Waals surface area contributed by atoms with Crippen LogP contribution in [-0.2, 0) is 14.1 Å². The van der Waals surface area contributed by atoms with Crippen molar-refractivity contribution in [3.8, 4) is 0 Å². The van der Waals surface area contributed by atoms with Gasteiger partial charge in [-0.2, -0.15) is 0 Å². The predicted molar refractivity (Wildman–Crippen MR) is 96.1 cm³/mol. The summed E-state index contributed by atoms with van der Waals surface area (Å²) in [4.78, 5) is 22.2. The molecule has 146 valence electrons. The van der Waals surface area contributed by atoms with Gasteiger partial charge in [0.1, 0.15) is 11.6 Å². The number of carbonyl (C=O) groups is 2. The van der Waals surface area contributed by atoms with Gasteiger partial charge in [-0.05, 0) is 45.3 Å². The third-order valence-corrected chi connectivity index (χ3v) is 4.75. The lowest BCUT2D eigenvalue weighted by Crippen LogP contribution is -2.41. The lowest BCUT2D eigenvalue weighted by atomic mass is 9.76. The van der Waals surface area contributed by atoms with E-state index in [1.807, 2.05) is 27.7 Å². The third kappa shape index (κ3) is 4.54. The van der Waals surface area contributed by atoms with Crippen LogP contribution in [0.5, 0.6) is 0 Å². The number of amides is 1. The molecule has 0 radical (unpaired) electrons. The molecular formula is C18H22BF2NO5. The summed E-state index contributed by atoms with van der Waals surface area (Å²) in [7, 11) is -0.931. The van der Waals surface area contributed by atoms with Gasteiger partial charge in [-0.1, -0.05) is 6.08 Å². The topological polar surface area (TPSA) is 84.9 Å². The summed E-state index contributed by atoms with van der Waals surface area (Å²) in [5.41, 5.74) is -2.00. The Kier molecular flexibility index (Phi) is 5.77. The van der Waals surface area contributed by atoms with Crippen LogP contribution in [0, 0.1) is 11.6 Å². The largest absolute Gasteiger partial charge is 0.492 e. The highest BCUT2D eigenvalue weighted by Gasteiger charge is 2.52. The van der Waals surface area contributed by atoms with E-state index in [0.717, 1.165) is 12.1 Å². The minimum Gasteiger partial charge on any atom is -0.478 e. The average molecular weight is 381 g/mol. The maximum absolute atomic E-state index is 14.3. The first-order valence-corrected chi connectivity index (χ1v) is 8.37. The first-order valence-electron chi connectivity index (χ1n) is 8.37. The molecule has 0 spiro atoms. The first-order chi connectivity index (χ1) is 12.3. The maximum atomic E-state index is 14.3. The monoisotopic (exact) mass is 381 g/mol. The lowest BCUT2D eigenvalue weighted by molar-refractivity contribution is -0.118. The Bertz CT molecular complexity index is 768. The van der Waals surface area contributed by atoms with E-state index in [1.54, 1.807) is 0 Å². The van der Waals surface area contributed by atoms with Crippen LogP contribution in [-0.4, -0.2) is 41.8 Å². The fourth-order valence-corrected chi connectivity index (χ4v) is 2.45. The van der Waals surface area contributed by atoms with Crippen LogP contribution in [0.4, 0.5) is 8.78 Å². The smallest absolute Gasteiger partial charge is 0.478 e. The zero-order valence-corrected chi connectivity index (χ0v) is 15.9. The predicted octanol–water partition coefficient (Wildman–Crippen LogP) is 2.81. The van der Waals surface area contributed by atoms with Gasteiger partial charge in [-0.25, -0.2) is 13.6 Å². The van der Waals surface area contributed by atoms with Gasteiger partial charge in [0, 0.05) is 19.0 Å². The molecule has 0 bridgehead atoms. The van der Waals surface area contributed by atoms with Crippen molar-refractivity contribution >= 4 is 25.1 Å². The number of rotatable bonds is 5. The Morgan fingerprint density at radius 2 is 1.63 bits per heavy atom. The van der Waals surface area contributed by atoms with E-state index in [9.17, 15) is 18.4 Å². The highest BCUT2D eigenvalue weighted by molar-refractivity contribution is 6.56. The molecule has 1 saturated heterocycles. The van der Waals surface area contributed by atoms with Gasteiger partial charge in [-0.15, -0.1) is 0 Å². The second-order valence-corrected chi connectivity index (χ2v) is 7.38. The van der Waals surface area contributed by atoms with E-state index in [4.69, 9.17) is 14.4 Å². The minimum absolute atomic E-state index is 0.0499. The van der Waals surface area contributed by atoms with E-state index >= 15 is 0 Å². The van der Waals surface area contributed by atoms with Gasteiger partial charge in [-0.3, -0.25) is 4.79 Å². The van der Waals surface area contributed by atoms with Crippen LogP contribution >= 0.6 is 0 Å². The molecule has 1 amide bonds. The Labute approximate surface area is 156 Å². The summed E-state index contributed by atoms with van der Waals surface area (Å²) >= 11 is 0. The van der Waals surface area contributed by atoms with Crippen LogP contribution in [0.25, 0.3) is 6.08 Å². The van der Waals surface area contributed by atoms with Crippen molar-refractivity contribution in [2.75, 3.05) is 6.54 Å². The van der Waals surface area contributed by atoms with E-state index < -0.39 is 47.1 Å². The van der Waals surface area contributed by atoms with Crippen LogP contribution < -0.4 is 5.32 Å². The molecule has 1 aliphatic heterocycles. The molecule has 0 aliphatic carbocycles. The van der Waals surface area contributed by atoms with E-state index in [-0.39, 0.29) is 12.5 Å². The van der Waals surface area contributed by atoms with Crippen LogP contribution in [0.2, 0.25) is 0 Å². The van der Waals surface area contributed by atoms with Gasteiger partial charge in [0.2, 0.25) is 5.91 Å². The highest BCUT2D eigenvalue weighted by atomic mass is 19.1. The first kappa shape index (κ1) is 21.0. The number of carboxylic acid groups (broad SMARTS) is 1. The Balaban J connectivity index is 2.46. The summed E-state index contributed by atoms with van der Waals surface area (Å²) < 4.78 is 40.4. The fraction of sp³-hybridized carbons (Fsp3) is 0.444. The number of aromatic carboxylic acids is 1. The molecule has 1 heterocycles. The molecular weight excluding hydrogens is 359 g/mol. The van der Waals surface area contributed by atoms with Gasteiger partial charge in [0.15, 0.2) is 0 Å². The molecule has 0 unspecified atom stereocenters. The summed E-state index contributed by atoms with van der Waals surface area (Å²) in [6.45, 7) is 8.56. The van der Waals surface area contributed by atoms with Crippen molar-refractivity contribution in [2.45, 2.75) is 45.8 Å². The molecule has 1 fully saturated rings. The van der Waals surface area contributed by atoms with Gasteiger partial charge in [0.05, 0.1) is 16.8 Å². The maximum Gasteiger partial charge on any atom is 0.492 e. The van der Waals surface area contributed by atoms with Crippen molar-refractivity contribution in [1.29, 1.82) is 0 Å². The molecule has 27 heavy (non-hydrogen) atoms. The third-order valence-electron chi connectivity index (χ3n) is 4.75. The molecule has 0 saturated carbocycles. The molecule has 9 heteroatoms. The zero-order valence-electron chi connectivity index (χ0n) is 15.9. The number of carbonyl (C=O) groups excluding carboxylic acids is 1. The average Bonchev–Trinajstić information content (AvgIpc) is 2.73. The normalized spacial score (nSPS) is 18.5. The van der Waals surface area contributed by atoms with Crippen LogP contribution in [0.3, 0.4) is 0 Å². The Hall–Kier alpha value is -2.26. The molecule has 2 N–H and O–H groups in total. The number of benzene rings is 1. The molecule has 1 aliphatic rings. The van der Waals surface area contributed by atoms with Crippen molar-refractivity contribution in [3.63, 3.8) is 0 Å². The summed E-state index contributed by atoms with van der Waals surface area (Å²) in [6.07, 6.45) is 1.17. The summed E-state index contributed by atoms with van der Waals surface area (Å²) in [6, 6.07) is 1.47. The second kappa shape index (κ2) is 7.40. The van der Waals surface area contributed by atoms with Crippen molar-refractivity contribution < 1.29 is 32.8 Å².